The van der Waals surface area contributed by atoms with E-state index >= 15 is 0 Å². The van der Waals surface area contributed by atoms with Crippen LogP contribution in [0.2, 0.25) is 0 Å². The van der Waals surface area contributed by atoms with E-state index < -0.39 is 5.97 Å². The number of amides is 2. The highest BCUT2D eigenvalue weighted by molar-refractivity contribution is 5.96. The van der Waals surface area contributed by atoms with Crippen LogP contribution in [-0.4, -0.2) is 55.5 Å². The van der Waals surface area contributed by atoms with Crippen LogP contribution in [-0.2, 0) is 14.3 Å². The molecule has 1 aromatic carbocycles. The van der Waals surface area contributed by atoms with Crippen LogP contribution in [0, 0.1) is 5.92 Å². The first kappa shape index (κ1) is 20.9. The number of nitrogens with zero attached hydrogens (tertiary/aromatic N) is 1. The average molecular weight is 375 g/mol. The molecule has 7 heteroatoms. The Morgan fingerprint density at radius 3 is 2.81 bits per heavy atom. The monoisotopic (exact) mass is 375 g/mol. The molecule has 0 spiro atoms. The number of anilines is 1. The normalized spacial score (nSPS) is 18.4. The molecule has 2 unspecified atom stereocenters. The fourth-order valence-electron chi connectivity index (χ4n) is 3.22. The highest BCUT2D eigenvalue weighted by Gasteiger charge is 2.30. The van der Waals surface area contributed by atoms with Gasteiger partial charge in [0.1, 0.15) is 0 Å². The minimum atomic E-state index is -0.448. The quantitative estimate of drug-likeness (QED) is 0.712. The summed E-state index contributed by atoms with van der Waals surface area (Å²) in [5.41, 5.74) is 0.928. The SMILES string of the molecule is CCCNC(=O)C1CCCN(C(C)C(=O)Nc2cccc(C(=O)OC)c2)C1. The number of benzene rings is 1. The van der Waals surface area contributed by atoms with Crippen LogP contribution >= 0.6 is 0 Å². The molecule has 1 heterocycles. The van der Waals surface area contributed by atoms with E-state index in [0.717, 1.165) is 25.8 Å². The lowest BCUT2D eigenvalue weighted by molar-refractivity contribution is -0.129. The Morgan fingerprint density at radius 2 is 2.11 bits per heavy atom. The maximum atomic E-state index is 12.6. The van der Waals surface area contributed by atoms with Crippen molar-refractivity contribution in [3.63, 3.8) is 0 Å². The zero-order valence-electron chi connectivity index (χ0n) is 16.3. The van der Waals surface area contributed by atoms with E-state index in [0.29, 0.717) is 24.3 Å². The first-order chi connectivity index (χ1) is 13.0. The fraction of sp³-hybridized carbons (Fsp3) is 0.550. The topological polar surface area (TPSA) is 87.7 Å². The second-order valence-electron chi connectivity index (χ2n) is 6.86. The zero-order valence-corrected chi connectivity index (χ0v) is 16.3. The van der Waals surface area contributed by atoms with Crippen molar-refractivity contribution in [1.82, 2.24) is 10.2 Å². The Kier molecular flexibility index (Phi) is 7.79. The molecule has 2 atom stereocenters. The van der Waals surface area contributed by atoms with E-state index in [9.17, 15) is 14.4 Å². The van der Waals surface area contributed by atoms with E-state index in [-0.39, 0.29) is 23.8 Å². The summed E-state index contributed by atoms with van der Waals surface area (Å²) in [7, 11) is 1.32. The molecule has 1 saturated heterocycles. The second kappa shape index (κ2) is 10.1. The highest BCUT2D eigenvalue weighted by Crippen LogP contribution is 2.20. The third-order valence-corrected chi connectivity index (χ3v) is 4.85. The third kappa shape index (κ3) is 5.79. The molecule has 1 aromatic rings. The Morgan fingerprint density at radius 1 is 1.33 bits per heavy atom. The zero-order chi connectivity index (χ0) is 19.8. The minimum absolute atomic E-state index is 0.0694. The largest absolute Gasteiger partial charge is 0.465 e. The smallest absolute Gasteiger partial charge is 0.337 e. The van der Waals surface area contributed by atoms with Crippen LogP contribution in [0.3, 0.4) is 0 Å². The van der Waals surface area contributed by atoms with Gasteiger partial charge < -0.3 is 15.4 Å². The van der Waals surface area contributed by atoms with Crippen LogP contribution in [0.5, 0.6) is 0 Å². The molecule has 7 nitrogen and oxygen atoms in total. The lowest BCUT2D eigenvalue weighted by atomic mass is 9.95. The van der Waals surface area contributed by atoms with Gasteiger partial charge in [-0.3, -0.25) is 14.5 Å². The fourth-order valence-corrected chi connectivity index (χ4v) is 3.22. The molecule has 2 N–H and O–H groups in total. The van der Waals surface area contributed by atoms with Gasteiger partial charge in [-0.05, 0) is 50.9 Å². The van der Waals surface area contributed by atoms with E-state index in [2.05, 4.69) is 10.6 Å². The Labute approximate surface area is 160 Å². The van der Waals surface area contributed by atoms with Gasteiger partial charge in [-0.15, -0.1) is 0 Å². The molecule has 0 aromatic heterocycles. The summed E-state index contributed by atoms with van der Waals surface area (Å²) in [6.45, 7) is 5.91. The van der Waals surface area contributed by atoms with Gasteiger partial charge in [0.15, 0.2) is 0 Å². The summed E-state index contributed by atoms with van der Waals surface area (Å²) in [4.78, 5) is 38.5. The number of carbonyl (C=O) groups is 3. The number of piperidine rings is 1. The molecule has 1 aliphatic rings. The lowest BCUT2D eigenvalue weighted by Crippen LogP contribution is -2.50. The van der Waals surface area contributed by atoms with Crippen molar-refractivity contribution in [2.75, 3.05) is 32.1 Å². The van der Waals surface area contributed by atoms with Crippen LogP contribution in [0.4, 0.5) is 5.69 Å². The summed E-state index contributed by atoms with van der Waals surface area (Å²) >= 11 is 0. The predicted octanol–water partition coefficient (Wildman–Crippen LogP) is 2.04. The maximum absolute atomic E-state index is 12.6. The number of esters is 1. The number of hydrogen-bond acceptors (Lipinski definition) is 5. The van der Waals surface area contributed by atoms with E-state index in [1.54, 1.807) is 24.3 Å². The molecule has 0 aliphatic carbocycles. The molecule has 2 amide bonds. The van der Waals surface area contributed by atoms with Gasteiger partial charge in [-0.2, -0.15) is 0 Å². The molecule has 148 valence electrons. The van der Waals surface area contributed by atoms with Gasteiger partial charge in [0.2, 0.25) is 11.8 Å². The summed E-state index contributed by atoms with van der Waals surface area (Å²) in [6, 6.07) is 6.28. The maximum Gasteiger partial charge on any atom is 0.337 e. The summed E-state index contributed by atoms with van der Waals surface area (Å²) in [5, 5.41) is 5.79. The molecule has 27 heavy (non-hydrogen) atoms. The Bertz CT molecular complexity index is 677. The van der Waals surface area contributed by atoms with Crippen LogP contribution in [0.15, 0.2) is 24.3 Å². The molecule has 0 saturated carbocycles. The van der Waals surface area contributed by atoms with Crippen molar-refractivity contribution in [2.24, 2.45) is 5.92 Å². The summed E-state index contributed by atoms with van der Waals surface area (Å²) in [5.74, 6) is -0.620. The lowest BCUT2D eigenvalue weighted by Gasteiger charge is -2.35. The van der Waals surface area contributed by atoms with Crippen molar-refractivity contribution in [2.45, 2.75) is 39.2 Å². The van der Waals surface area contributed by atoms with Crippen molar-refractivity contribution in [3.05, 3.63) is 29.8 Å². The second-order valence-corrected chi connectivity index (χ2v) is 6.86. The number of methoxy groups -OCH3 is 1. The summed E-state index contributed by atoms with van der Waals surface area (Å²) < 4.78 is 4.70. The van der Waals surface area contributed by atoms with Gasteiger partial charge in [-0.1, -0.05) is 13.0 Å². The van der Waals surface area contributed by atoms with E-state index in [1.165, 1.54) is 7.11 Å². The predicted molar refractivity (Wildman–Crippen MR) is 103 cm³/mol. The van der Waals surface area contributed by atoms with Crippen molar-refractivity contribution in [3.8, 4) is 0 Å². The first-order valence-corrected chi connectivity index (χ1v) is 9.47. The van der Waals surface area contributed by atoms with Gasteiger partial charge in [0.05, 0.1) is 24.6 Å². The van der Waals surface area contributed by atoms with Crippen LogP contribution in [0.1, 0.15) is 43.5 Å². The number of nitrogens with one attached hydrogen (secondary N) is 2. The van der Waals surface area contributed by atoms with E-state index in [1.807, 2.05) is 18.7 Å². The molecular weight excluding hydrogens is 346 g/mol. The Balaban J connectivity index is 1.96. The van der Waals surface area contributed by atoms with Crippen molar-refractivity contribution in [1.29, 1.82) is 0 Å². The van der Waals surface area contributed by atoms with E-state index in [4.69, 9.17) is 4.74 Å². The summed E-state index contributed by atoms with van der Waals surface area (Å²) in [6.07, 6.45) is 2.65. The van der Waals surface area contributed by atoms with Crippen LogP contribution < -0.4 is 10.6 Å². The molecular formula is C20H29N3O4. The standard InChI is InChI=1S/C20H29N3O4/c1-4-10-21-19(25)16-8-6-11-23(13-16)14(2)18(24)22-17-9-5-7-15(12-17)20(26)27-3/h5,7,9,12,14,16H,4,6,8,10-11,13H2,1-3H3,(H,21,25)(H,22,24). The molecule has 0 radical (unpaired) electrons. The third-order valence-electron chi connectivity index (χ3n) is 4.85. The molecule has 1 aliphatic heterocycles. The first-order valence-electron chi connectivity index (χ1n) is 9.47. The van der Waals surface area contributed by atoms with Gasteiger partial charge in [0.25, 0.3) is 0 Å². The molecule has 2 rings (SSSR count). The van der Waals surface area contributed by atoms with Crippen molar-refractivity contribution >= 4 is 23.5 Å². The number of rotatable bonds is 7. The number of carbonyl (C=O) groups excluding carboxylic acids is 3. The number of hydrogen-bond donors (Lipinski definition) is 2. The van der Waals surface area contributed by atoms with Gasteiger partial charge in [0, 0.05) is 18.8 Å². The van der Waals surface area contributed by atoms with Crippen molar-refractivity contribution < 1.29 is 19.1 Å². The minimum Gasteiger partial charge on any atom is -0.465 e. The van der Waals surface area contributed by atoms with Crippen LogP contribution in [0.25, 0.3) is 0 Å². The van der Waals surface area contributed by atoms with Gasteiger partial charge >= 0.3 is 5.97 Å². The number of likely N-dealkylation sites (tertiary alicyclic amines) is 1. The number of ether oxygens (including phenoxy) is 1. The Hall–Kier alpha value is -2.41. The average Bonchev–Trinajstić information content (AvgIpc) is 2.71. The highest BCUT2D eigenvalue weighted by atomic mass is 16.5. The molecule has 1 fully saturated rings. The molecule has 0 bridgehead atoms. The van der Waals surface area contributed by atoms with Gasteiger partial charge in [-0.25, -0.2) is 4.79 Å².